The van der Waals surface area contributed by atoms with Gasteiger partial charge in [0.25, 0.3) is 5.91 Å². The Labute approximate surface area is 167 Å². The van der Waals surface area contributed by atoms with Crippen molar-refractivity contribution in [2.45, 2.75) is 19.9 Å². The monoisotopic (exact) mass is 388 g/mol. The van der Waals surface area contributed by atoms with Crippen LogP contribution >= 0.6 is 0 Å². The van der Waals surface area contributed by atoms with Crippen molar-refractivity contribution in [3.8, 4) is 0 Å². The summed E-state index contributed by atoms with van der Waals surface area (Å²) >= 11 is 0. The van der Waals surface area contributed by atoms with E-state index < -0.39 is 12.0 Å². The van der Waals surface area contributed by atoms with Gasteiger partial charge in [0, 0.05) is 5.69 Å². The average molecular weight is 388 g/mol. The second-order valence-electron chi connectivity index (χ2n) is 7.04. The molecule has 3 aromatic rings. The number of aryl methyl sites for hydroxylation is 2. The molecule has 7 nitrogen and oxygen atoms in total. The quantitative estimate of drug-likeness (QED) is 0.633. The fourth-order valence-electron chi connectivity index (χ4n) is 3.22. The molecule has 0 spiro atoms. The number of hydrogen-bond donors (Lipinski definition) is 3. The molecule has 7 heteroatoms. The molecule has 2 aromatic carbocycles. The number of benzene rings is 2. The molecule has 3 N–H and O–H groups in total. The molecule has 0 fully saturated rings. The molecule has 1 aliphatic heterocycles. The predicted molar refractivity (Wildman–Crippen MR) is 110 cm³/mol. The molecule has 146 valence electrons. The van der Waals surface area contributed by atoms with Crippen molar-refractivity contribution in [3.05, 3.63) is 88.8 Å². The van der Waals surface area contributed by atoms with Gasteiger partial charge >= 0.3 is 5.97 Å². The summed E-state index contributed by atoms with van der Waals surface area (Å²) in [6.07, 6.45) is 3.04. The Bertz CT molecular complexity index is 1110. The Morgan fingerprint density at radius 2 is 1.66 bits per heavy atom. The molecule has 4 rings (SSSR count). The summed E-state index contributed by atoms with van der Waals surface area (Å²) in [5.41, 5.74) is 4.00. The summed E-state index contributed by atoms with van der Waals surface area (Å²) < 4.78 is 1.63. The minimum absolute atomic E-state index is 0.00737. The highest BCUT2D eigenvalue weighted by Crippen LogP contribution is 2.32. The van der Waals surface area contributed by atoms with Crippen LogP contribution in [0.15, 0.2) is 66.5 Å². The van der Waals surface area contributed by atoms with Crippen LogP contribution in [0.4, 0.5) is 11.5 Å². The number of allylic oxidation sites excluding steroid dienone is 1. The number of carboxylic acid groups (broad SMARTS) is 1. The molecular weight excluding hydrogens is 368 g/mol. The standard InChI is InChI=1S/C22H20N4O3/c1-13-3-7-15(8-4-13)19-11-18(22(28)29)25-20-17(12-23-26(19)20)21(27)24-16-9-5-14(2)6-10-16/h3-12,19,25H,1-2H3,(H,24,27)(H,28,29)/t19-/m0/s1. The summed E-state index contributed by atoms with van der Waals surface area (Å²) in [7, 11) is 0. The van der Waals surface area contributed by atoms with Gasteiger partial charge in [-0.05, 0) is 37.6 Å². The molecule has 2 heterocycles. The van der Waals surface area contributed by atoms with Crippen molar-refractivity contribution < 1.29 is 14.7 Å². The van der Waals surface area contributed by atoms with Gasteiger partial charge in [-0.3, -0.25) is 4.79 Å². The van der Waals surface area contributed by atoms with Crippen LogP contribution in [0.5, 0.6) is 0 Å². The first kappa shape index (κ1) is 18.5. The second kappa shape index (κ2) is 7.27. The number of carbonyl (C=O) groups is 2. The maximum atomic E-state index is 12.8. The number of carbonyl (C=O) groups excluding carboxylic acids is 1. The van der Waals surface area contributed by atoms with Crippen LogP contribution < -0.4 is 10.6 Å². The van der Waals surface area contributed by atoms with E-state index in [4.69, 9.17) is 0 Å². The Morgan fingerprint density at radius 1 is 1.03 bits per heavy atom. The number of aliphatic carboxylic acids is 1. The summed E-state index contributed by atoms with van der Waals surface area (Å²) in [5, 5.41) is 19.6. The normalized spacial score (nSPS) is 15.1. The third-order valence-corrected chi connectivity index (χ3v) is 4.84. The number of amides is 1. The first-order valence-corrected chi connectivity index (χ1v) is 9.16. The molecule has 1 aliphatic rings. The highest BCUT2D eigenvalue weighted by molar-refractivity contribution is 6.08. The van der Waals surface area contributed by atoms with Gasteiger partial charge in [-0.2, -0.15) is 5.10 Å². The number of rotatable bonds is 4. The highest BCUT2D eigenvalue weighted by atomic mass is 16.4. The first-order valence-electron chi connectivity index (χ1n) is 9.16. The number of anilines is 2. The van der Waals surface area contributed by atoms with E-state index in [1.165, 1.54) is 6.20 Å². The van der Waals surface area contributed by atoms with Gasteiger partial charge < -0.3 is 15.7 Å². The minimum atomic E-state index is -1.10. The van der Waals surface area contributed by atoms with Crippen LogP contribution in [-0.4, -0.2) is 26.8 Å². The Balaban J connectivity index is 1.70. The molecule has 1 amide bonds. The maximum Gasteiger partial charge on any atom is 0.352 e. The summed E-state index contributed by atoms with van der Waals surface area (Å²) in [4.78, 5) is 24.5. The molecule has 0 aliphatic carbocycles. The molecule has 0 saturated heterocycles. The lowest BCUT2D eigenvalue weighted by Gasteiger charge is -2.24. The fraction of sp³-hybridized carbons (Fsp3) is 0.136. The molecule has 29 heavy (non-hydrogen) atoms. The lowest BCUT2D eigenvalue weighted by atomic mass is 10.0. The van der Waals surface area contributed by atoms with Crippen molar-refractivity contribution in [3.63, 3.8) is 0 Å². The topological polar surface area (TPSA) is 96.3 Å². The SMILES string of the molecule is Cc1ccc(NC(=O)c2cnn3c2NC(C(=O)O)=C[C@H]3c2ccc(C)cc2)cc1. The Kier molecular flexibility index (Phi) is 4.64. The van der Waals surface area contributed by atoms with Gasteiger partial charge in [0.05, 0.1) is 12.2 Å². The fourth-order valence-corrected chi connectivity index (χ4v) is 3.22. The molecular formula is C22H20N4O3. The molecule has 1 atom stereocenters. The number of nitrogens with one attached hydrogen (secondary N) is 2. The van der Waals surface area contributed by atoms with E-state index in [2.05, 4.69) is 15.7 Å². The molecule has 1 aromatic heterocycles. The van der Waals surface area contributed by atoms with Crippen molar-refractivity contribution in [1.29, 1.82) is 0 Å². The van der Waals surface area contributed by atoms with E-state index in [1.807, 2.05) is 62.4 Å². The third-order valence-electron chi connectivity index (χ3n) is 4.84. The largest absolute Gasteiger partial charge is 0.477 e. The van der Waals surface area contributed by atoms with E-state index in [1.54, 1.807) is 10.8 Å². The van der Waals surface area contributed by atoms with Crippen LogP contribution in [-0.2, 0) is 4.79 Å². The van der Waals surface area contributed by atoms with Gasteiger partial charge in [-0.25, -0.2) is 9.48 Å². The molecule has 0 saturated carbocycles. The minimum Gasteiger partial charge on any atom is -0.477 e. The van der Waals surface area contributed by atoms with Crippen LogP contribution in [0.1, 0.15) is 33.1 Å². The lowest BCUT2D eigenvalue weighted by Crippen LogP contribution is -2.25. The van der Waals surface area contributed by atoms with Crippen LogP contribution in [0.3, 0.4) is 0 Å². The zero-order valence-electron chi connectivity index (χ0n) is 16.0. The van der Waals surface area contributed by atoms with E-state index >= 15 is 0 Å². The van der Waals surface area contributed by atoms with Crippen LogP contribution in [0.25, 0.3) is 0 Å². The number of nitrogens with zero attached hydrogens (tertiary/aromatic N) is 2. The maximum absolute atomic E-state index is 12.8. The van der Waals surface area contributed by atoms with Crippen LogP contribution in [0, 0.1) is 13.8 Å². The zero-order chi connectivity index (χ0) is 20.5. The second-order valence-corrected chi connectivity index (χ2v) is 7.04. The number of aromatic nitrogens is 2. The average Bonchev–Trinajstić information content (AvgIpc) is 3.14. The van der Waals surface area contributed by atoms with Crippen LogP contribution in [0.2, 0.25) is 0 Å². The van der Waals surface area contributed by atoms with Crippen molar-refractivity contribution in [2.75, 3.05) is 10.6 Å². The summed E-state index contributed by atoms with van der Waals surface area (Å²) in [6, 6.07) is 14.8. The van der Waals surface area contributed by atoms with E-state index in [0.29, 0.717) is 11.5 Å². The summed E-state index contributed by atoms with van der Waals surface area (Å²) in [6.45, 7) is 3.95. The van der Waals surface area contributed by atoms with Crippen molar-refractivity contribution in [1.82, 2.24) is 9.78 Å². The first-order chi connectivity index (χ1) is 13.9. The Morgan fingerprint density at radius 3 is 2.28 bits per heavy atom. The Hall–Kier alpha value is -3.87. The third kappa shape index (κ3) is 3.62. The number of hydrogen-bond acceptors (Lipinski definition) is 4. The van der Waals surface area contributed by atoms with Crippen molar-refractivity contribution in [2.24, 2.45) is 0 Å². The van der Waals surface area contributed by atoms with E-state index in [-0.39, 0.29) is 17.2 Å². The van der Waals surface area contributed by atoms with Crippen molar-refractivity contribution >= 4 is 23.4 Å². The van der Waals surface area contributed by atoms with E-state index in [0.717, 1.165) is 16.7 Å². The summed E-state index contributed by atoms with van der Waals surface area (Å²) in [5.74, 6) is -1.11. The molecule has 0 radical (unpaired) electrons. The lowest BCUT2D eigenvalue weighted by molar-refractivity contribution is -0.132. The number of fused-ring (bicyclic) bond motifs is 1. The van der Waals surface area contributed by atoms with Gasteiger partial charge in [-0.1, -0.05) is 47.5 Å². The highest BCUT2D eigenvalue weighted by Gasteiger charge is 2.29. The molecule has 0 bridgehead atoms. The molecule has 0 unspecified atom stereocenters. The van der Waals surface area contributed by atoms with Gasteiger partial charge in [0.15, 0.2) is 0 Å². The van der Waals surface area contributed by atoms with Gasteiger partial charge in [0.1, 0.15) is 17.1 Å². The predicted octanol–water partition coefficient (Wildman–Crippen LogP) is 3.74. The van der Waals surface area contributed by atoms with Gasteiger partial charge in [-0.15, -0.1) is 0 Å². The zero-order valence-corrected chi connectivity index (χ0v) is 16.0. The number of carboxylic acids is 1. The van der Waals surface area contributed by atoms with Gasteiger partial charge in [0.2, 0.25) is 0 Å². The smallest absolute Gasteiger partial charge is 0.352 e. The van der Waals surface area contributed by atoms with E-state index in [9.17, 15) is 14.7 Å².